The van der Waals surface area contributed by atoms with E-state index < -0.39 is 41.8 Å². The molecule has 36 heavy (non-hydrogen) atoms. The molecule has 0 spiro atoms. The first-order chi connectivity index (χ1) is 16.9. The van der Waals surface area contributed by atoms with Gasteiger partial charge >= 0.3 is 0 Å². The number of nitrogens with one attached hydrogen (secondary N) is 3. The molecule has 1 unspecified atom stereocenters. The van der Waals surface area contributed by atoms with Crippen LogP contribution in [0.4, 0.5) is 0 Å². The molecule has 0 radical (unpaired) electrons. The number of carbonyl (C=O) groups is 4. The second-order valence-corrected chi connectivity index (χ2v) is 10.3. The van der Waals surface area contributed by atoms with Crippen molar-refractivity contribution in [3.63, 3.8) is 0 Å². The molecule has 0 saturated heterocycles. The Hall–Kier alpha value is -2.78. The van der Waals surface area contributed by atoms with Crippen molar-refractivity contribution in [3.8, 4) is 0 Å². The second kappa shape index (κ2) is 16.1. The number of Topliss-reactive ketones (excluding diaryl/α,β-unsaturated/α-hetero) is 1. The highest BCUT2D eigenvalue weighted by Gasteiger charge is 2.28. The Morgan fingerprint density at radius 1 is 0.861 bits per heavy atom. The molecule has 0 aliphatic rings. The molecule has 0 saturated carbocycles. The van der Waals surface area contributed by atoms with Crippen LogP contribution in [-0.2, 0) is 25.6 Å². The van der Waals surface area contributed by atoms with Gasteiger partial charge in [-0.05, 0) is 43.1 Å². The zero-order valence-corrected chi connectivity index (χ0v) is 22.3. The van der Waals surface area contributed by atoms with E-state index >= 15 is 0 Å². The number of amides is 3. The van der Waals surface area contributed by atoms with Crippen LogP contribution in [0.15, 0.2) is 30.3 Å². The predicted molar refractivity (Wildman–Crippen MR) is 140 cm³/mol. The van der Waals surface area contributed by atoms with Gasteiger partial charge in [-0.1, -0.05) is 65.0 Å². The van der Waals surface area contributed by atoms with Gasteiger partial charge in [0, 0.05) is 5.92 Å². The lowest BCUT2D eigenvalue weighted by Crippen LogP contribution is -2.54. The van der Waals surface area contributed by atoms with Gasteiger partial charge in [0.15, 0.2) is 5.78 Å². The fourth-order valence-electron chi connectivity index (χ4n) is 3.77. The summed E-state index contributed by atoms with van der Waals surface area (Å²) in [4.78, 5) is 50.5. The van der Waals surface area contributed by atoms with Crippen LogP contribution in [0.25, 0.3) is 0 Å². The number of ketones is 1. The van der Waals surface area contributed by atoms with Gasteiger partial charge in [0.25, 0.3) is 0 Å². The number of aryl methyl sites for hydroxylation is 1. The Bertz CT molecular complexity index is 844. The van der Waals surface area contributed by atoms with Gasteiger partial charge in [-0.15, -0.1) is 0 Å². The summed E-state index contributed by atoms with van der Waals surface area (Å²) in [5.74, 6) is -2.00. The van der Waals surface area contributed by atoms with Crippen LogP contribution in [0, 0.1) is 17.8 Å². The Kier molecular flexibility index (Phi) is 13.9. The van der Waals surface area contributed by atoms with Crippen LogP contribution in [0.1, 0.15) is 59.4 Å². The first-order valence-corrected chi connectivity index (χ1v) is 12.8. The third-order valence-electron chi connectivity index (χ3n) is 5.83. The zero-order valence-electron chi connectivity index (χ0n) is 22.3. The lowest BCUT2D eigenvalue weighted by molar-refractivity contribution is -0.132. The fourth-order valence-corrected chi connectivity index (χ4v) is 3.77. The summed E-state index contributed by atoms with van der Waals surface area (Å²) in [6, 6.07) is 7.35. The topological polar surface area (TPSA) is 151 Å². The fraction of sp³-hybridized carbons (Fsp3) is 0.630. The van der Waals surface area contributed by atoms with Crippen molar-refractivity contribution < 1.29 is 24.3 Å². The molecule has 0 heterocycles. The van der Waals surface area contributed by atoms with E-state index in [1.807, 2.05) is 58.0 Å². The highest BCUT2D eigenvalue weighted by molar-refractivity contribution is 5.94. The van der Waals surface area contributed by atoms with E-state index in [-0.39, 0.29) is 30.8 Å². The molecular weight excluding hydrogens is 460 g/mol. The molecule has 0 aliphatic heterocycles. The standard InChI is InChI=1S/C27H44N4O5/c1-17(2)13-22(25(34)19(5)16-32)30-24(33)15-29-27(36)23(14-18(3)4)31-26(35)21(28)12-11-20-9-7-6-8-10-20/h6-10,17-19,21-23,32H,11-16,28H2,1-5H3,(H,29,36)(H,30,33)(H,31,35)/t19?,21-,22-,23-/m0/s1. The number of hydrogen-bond donors (Lipinski definition) is 5. The molecule has 9 nitrogen and oxygen atoms in total. The van der Waals surface area contributed by atoms with Gasteiger partial charge in [0.05, 0.1) is 25.2 Å². The van der Waals surface area contributed by atoms with Crippen LogP contribution in [-0.4, -0.2) is 59.9 Å². The summed E-state index contributed by atoms with van der Waals surface area (Å²) in [6.07, 6.45) is 1.89. The maximum absolute atomic E-state index is 12.8. The molecule has 0 aromatic heterocycles. The molecule has 1 rings (SSSR count). The number of rotatable bonds is 16. The molecule has 4 atom stereocenters. The Morgan fingerprint density at radius 2 is 1.44 bits per heavy atom. The minimum Gasteiger partial charge on any atom is -0.396 e. The lowest BCUT2D eigenvalue weighted by atomic mass is 9.93. The zero-order chi connectivity index (χ0) is 27.3. The van der Waals surface area contributed by atoms with Crippen LogP contribution in [0.2, 0.25) is 0 Å². The van der Waals surface area contributed by atoms with Gasteiger partial charge in [-0.2, -0.15) is 0 Å². The van der Waals surface area contributed by atoms with Crippen molar-refractivity contribution in [2.24, 2.45) is 23.5 Å². The number of aliphatic hydroxyl groups excluding tert-OH is 1. The third-order valence-corrected chi connectivity index (χ3v) is 5.83. The predicted octanol–water partition coefficient (Wildman–Crippen LogP) is 1.32. The van der Waals surface area contributed by atoms with Gasteiger partial charge < -0.3 is 26.8 Å². The number of nitrogens with two attached hydrogens (primary N) is 1. The molecule has 0 aliphatic carbocycles. The van der Waals surface area contributed by atoms with Crippen LogP contribution in [0.3, 0.4) is 0 Å². The van der Waals surface area contributed by atoms with Crippen molar-refractivity contribution in [2.45, 2.75) is 78.4 Å². The summed E-state index contributed by atoms with van der Waals surface area (Å²) in [5, 5.41) is 17.3. The normalized spacial score (nSPS) is 14.6. The second-order valence-electron chi connectivity index (χ2n) is 10.3. The minimum atomic E-state index is -0.837. The molecule has 3 amide bonds. The molecule has 202 valence electrons. The molecule has 1 aromatic carbocycles. The van der Waals surface area contributed by atoms with Gasteiger partial charge in [0.1, 0.15) is 6.04 Å². The lowest BCUT2D eigenvalue weighted by Gasteiger charge is -2.24. The highest BCUT2D eigenvalue weighted by Crippen LogP contribution is 2.11. The largest absolute Gasteiger partial charge is 0.396 e. The summed E-state index contributed by atoms with van der Waals surface area (Å²) in [7, 11) is 0. The Labute approximate surface area is 215 Å². The maximum atomic E-state index is 12.8. The number of aliphatic hydroxyl groups is 1. The maximum Gasteiger partial charge on any atom is 0.243 e. The SMILES string of the molecule is CC(C)C[C@H](NC(=O)[C@@H](N)CCc1ccccc1)C(=O)NCC(=O)N[C@@H](CC(C)C)C(=O)C(C)CO. The van der Waals surface area contributed by atoms with Gasteiger partial charge in [0.2, 0.25) is 17.7 Å². The average molecular weight is 505 g/mol. The van der Waals surface area contributed by atoms with Gasteiger partial charge in [-0.25, -0.2) is 0 Å². The molecule has 9 heteroatoms. The van der Waals surface area contributed by atoms with Crippen molar-refractivity contribution in [2.75, 3.05) is 13.2 Å². The Morgan fingerprint density at radius 3 is 2.00 bits per heavy atom. The molecular formula is C27H44N4O5. The average Bonchev–Trinajstić information content (AvgIpc) is 2.83. The van der Waals surface area contributed by atoms with Crippen molar-refractivity contribution in [1.82, 2.24) is 16.0 Å². The smallest absolute Gasteiger partial charge is 0.243 e. The van der Waals surface area contributed by atoms with E-state index in [2.05, 4.69) is 16.0 Å². The summed E-state index contributed by atoms with van der Waals surface area (Å²) in [5.41, 5.74) is 7.14. The Balaban J connectivity index is 2.68. The van der Waals surface area contributed by atoms with Crippen molar-refractivity contribution >= 4 is 23.5 Å². The highest BCUT2D eigenvalue weighted by atomic mass is 16.3. The van der Waals surface area contributed by atoms with Crippen LogP contribution < -0.4 is 21.7 Å². The third kappa shape index (κ3) is 11.8. The number of hydrogen-bond acceptors (Lipinski definition) is 6. The molecule has 0 bridgehead atoms. The minimum absolute atomic E-state index is 0.114. The van der Waals surface area contributed by atoms with Crippen LogP contribution in [0.5, 0.6) is 0 Å². The van der Waals surface area contributed by atoms with E-state index in [9.17, 15) is 24.3 Å². The summed E-state index contributed by atoms with van der Waals surface area (Å²) < 4.78 is 0. The van der Waals surface area contributed by atoms with Crippen LogP contribution >= 0.6 is 0 Å². The van der Waals surface area contributed by atoms with Crippen molar-refractivity contribution in [1.29, 1.82) is 0 Å². The molecule has 0 fully saturated rings. The van der Waals surface area contributed by atoms with E-state index in [0.29, 0.717) is 25.7 Å². The summed E-state index contributed by atoms with van der Waals surface area (Å²) >= 11 is 0. The molecule has 6 N–H and O–H groups in total. The van der Waals surface area contributed by atoms with E-state index in [4.69, 9.17) is 5.73 Å². The summed E-state index contributed by atoms with van der Waals surface area (Å²) in [6.45, 7) is 8.69. The number of benzene rings is 1. The van der Waals surface area contributed by atoms with Crippen molar-refractivity contribution in [3.05, 3.63) is 35.9 Å². The first-order valence-electron chi connectivity index (χ1n) is 12.8. The van der Waals surface area contributed by atoms with E-state index in [1.165, 1.54) is 0 Å². The number of carbonyl (C=O) groups excluding carboxylic acids is 4. The first kappa shape index (κ1) is 31.3. The van der Waals surface area contributed by atoms with Gasteiger partial charge in [-0.3, -0.25) is 19.2 Å². The quantitative estimate of drug-likeness (QED) is 0.229. The van der Waals surface area contributed by atoms with E-state index in [0.717, 1.165) is 5.56 Å². The van der Waals surface area contributed by atoms with E-state index in [1.54, 1.807) is 6.92 Å². The molecule has 1 aromatic rings. The monoisotopic (exact) mass is 504 g/mol.